The number of aromatic nitrogens is 2. The minimum Gasteiger partial charge on any atom is -0.350 e. The summed E-state index contributed by atoms with van der Waals surface area (Å²) in [5, 5.41) is 3.83. The first-order valence-electron chi connectivity index (χ1n) is 8.93. The van der Waals surface area contributed by atoms with Crippen LogP contribution >= 0.6 is 0 Å². The molecule has 0 aliphatic heterocycles. The molecular formula is C21H24N4O. The van der Waals surface area contributed by atoms with Gasteiger partial charge in [-0.05, 0) is 37.1 Å². The molecule has 0 fully saturated rings. The number of nitrogens with two attached hydrogens (primary N) is 1. The topological polar surface area (TPSA) is 80.9 Å². The van der Waals surface area contributed by atoms with E-state index in [1.54, 1.807) is 12.4 Å². The van der Waals surface area contributed by atoms with Crippen LogP contribution in [-0.4, -0.2) is 28.0 Å². The van der Waals surface area contributed by atoms with Gasteiger partial charge in [0.15, 0.2) is 0 Å². The Bertz CT molecular complexity index is 904. The van der Waals surface area contributed by atoms with Gasteiger partial charge >= 0.3 is 0 Å². The second-order valence-corrected chi connectivity index (χ2v) is 6.57. The number of benzene rings is 1. The average Bonchev–Trinajstić information content (AvgIpc) is 2.71. The maximum Gasteiger partial charge on any atom is 0.252 e. The monoisotopic (exact) mass is 348 g/mol. The van der Waals surface area contributed by atoms with Gasteiger partial charge in [0, 0.05) is 35.4 Å². The fourth-order valence-electron chi connectivity index (χ4n) is 2.88. The summed E-state index contributed by atoms with van der Waals surface area (Å²) in [7, 11) is 0. The maximum absolute atomic E-state index is 12.9. The number of hydrogen-bond donors (Lipinski definition) is 2. The lowest BCUT2D eigenvalue weighted by Crippen LogP contribution is -2.49. The van der Waals surface area contributed by atoms with E-state index >= 15 is 0 Å². The molecule has 1 aromatic carbocycles. The van der Waals surface area contributed by atoms with Crippen molar-refractivity contribution in [3.63, 3.8) is 0 Å². The molecule has 1 amide bonds. The number of carbonyl (C=O) groups excluding carboxylic acids is 1. The molecule has 3 aromatic rings. The van der Waals surface area contributed by atoms with E-state index in [9.17, 15) is 4.79 Å². The van der Waals surface area contributed by atoms with Crippen LogP contribution in [0.4, 0.5) is 0 Å². The van der Waals surface area contributed by atoms with Gasteiger partial charge in [0.2, 0.25) is 0 Å². The SMILES string of the molecule is CCC(N)(CC)CNC(=O)c1cc(-c2cccnc2)nc2ccccc12. The number of rotatable bonds is 6. The highest BCUT2D eigenvalue weighted by Gasteiger charge is 2.22. The quantitative estimate of drug-likeness (QED) is 0.714. The predicted molar refractivity (Wildman–Crippen MR) is 105 cm³/mol. The number of nitrogens with zero attached hydrogens (tertiary/aromatic N) is 2. The zero-order valence-electron chi connectivity index (χ0n) is 15.2. The van der Waals surface area contributed by atoms with Crippen LogP contribution in [0.15, 0.2) is 54.9 Å². The van der Waals surface area contributed by atoms with Crippen LogP contribution < -0.4 is 11.1 Å². The first kappa shape index (κ1) is 18.0. The molecule has 2 aromatic heterocycles. The second kappa shape index (κ2) is 7.62. The number of para-hydroxylation sites is 1. The van der Waals surface area contributed by atoms with Gasteiger partial charge in [-0.15, -0.1) is 0 Å². The Kier molecular flexibility index (Phi) is 5.28. The van der Waals surface area contributed by atoms with Crippen molar-refractivity contribution in [3.8, 4) is 11.3 Å². The molecule has 134 valence electrons. The standard InChI is InChI=1S/C21H24N4O/c1-3-21(22,4-2)14-24-20(26)17-12-19(15-8-7-11-23-13-15)25-18-10-6-5-9-16(17)18/h5-13H,3-4,14,22H2,1-2H3,(H,24,26). The van der Waals surface area contributed by atoms with Crippen LogP contribution in [0.25, 0.3) is 22.2 Å². The summed E-state index contributed by atoms with van der Waals surface area (Å²) < 4.78 is 0. The lowest BCUT2D eigenvalue weighted by molar-refractivity contribution is 0.0944. The van der Waals surface area contributed by atoms with Gasteiger partial charge in [0.05, 0.1) is 16.8 Å². The van der Waals surface area contributed by atoms with E-state index in [1.165, 1.54) is 0 Å². The molecule has 0 saturated heterocycles. The fraction of sp³-hybridized carbons (Fsp3) is 0.286. The highest BCUT2D eigenvalue weighted by Crippen LogP contribution is 2.24. The van der Waals surface area contributed by atoms with Crippen LogP contribution in [0.5, 0.6) is 0 Å². The van der Waals surface area contributed by atoms with Gasteiger partial charge in [-0.2, -0.15) is 0 Å². The molecule has 26 heavy (non-hydrogen) atoms. The van der Waals surface area contributed by atoms with Crippen LogP contribution in [-0.2, 0) is 0 Å². The molecule has 3 rings (SSSR count). The molecule has 0 saturated carbocycles. The fourth-order valence-corrected chi connectivity index (χ4v) is 2.88. The van der Waals surface area contributed by atoms with Crippen molar-refractivity contribution >= 4 is 16.8 Å². The molecule has 0 atom stereocenters. The molecule has 0 aliphatic carbocycles. The van der Waals surface area contributed by atoms with E-state index in [0.29, 0.717) is 12.1 Å². The highest BCUT2D eigenvalue weighted by atomic mass is 16.1. The Morgan fingerprint density at radius 1 is 1.15 bits per heavy atom. The Morgan fingerprint density at radius 2 is 1.92 bits per heavy atom. The van der Waals surface area contributed by atoms with E-state index in [-0.39, 0.29) is 11.4 Å². The summed E-state index contributed by atoms with van der Waals surface area (Å²) in [4.78, 5) is 21.7. The van der Waals surface area contributed by atoms with Crippen molar-refractivity contribution in [3.05, 3.63) is 60.4 Å². The van der Waals surface area contributed by atoms with Gasteiger partial charge in [-0.1, -0.05) is 32.0 Å². The third-order valence-corrected chi connectivity index (χ3v) is 4.93. The van der Waals surface area contributed by atoms with Gasteiger partial charge in [0.25, 0.3) is 5.91 Å². The number of hydrogen-bond acceptors (Lipinski definition) is 4. The smallest absolute Gasteiger partial charge is 0.252 e. The van der Waals surface area contributed by atoms with E-state index < -0.39 is 0 Å². The number of pyridine rings is 2. The third-order valence-electron chi connectivity index (χ3n) is 4.93. The number of carbonyl (C=O) groups is 1. The van der Waals surface area contributed by atoms with Gasteiger partial charge < -0.3 is 11.1 Å². The lowest BCUT2D eigenvalue weighted by Gasteiger charge is -2.27. The molecule has 5 heteroatoms. The zero-order chi connectivity index (χ0) is 18.6. The summed E-state index contributed by atoms with van der Waals surface area (Å²) in [6.07, 6.45) is 5.08. The third kappa shape index (κ3) is 3.73. The summed E-state index contributed by atoms with van der Waals surface area (Å²) in [6.45, 7) is 4.52. The molecule has 0 spiro atoms. The van der Waals surface area contributed by atoms with E-state index in [0.717, 1.165) is 35.0 Å². The average molecular weight is 348 g/mol. The van der Waals surface area contributed by atoms with Crippen LogP contribution in [0.2, 0.25) is 0 Å². The lowest BCUT2D eigenvalue weighted by atomic mass is 9.94. The highest BCUT2D eigenvalue weighted by molar-refractivity contribution is 6.07. The van der Waals surface area contributed by atoms with Crippen molar-refractivity contribution in [1.29, 1.82) is 0 Å². The molecule has 5 nitrogen and oxygen atoms in total. The molecule has 0 aliphatic rings. The largest absolute Gasteiger partial charge is 0.350 e. The number of fused-ring (bicyclic) bond motifs is 1. The molecule has 0 radical (unpaired) electrons. The minimum atomic E-state index is -0.384. The van der Waals surface area contributed by atoms with Crippen molar-refractivity contribution in [2.24, 2.45) is 5.73 Å². The van der Waals surface area contributed by atoms with Crippen LogP contribution in [0.1, 0.15) is 37.0 Å². The minimum absolute atomic E-state index is 0.134. The first-order chi connectivity index (χ1) is 12.6. The molecular weight excluding hydrogens is 324 g/mol. The Balaban J connectivity index is 2.00. The number of amides is 1. The Hall–Kier alpha value is -2.79. The van der Waals surface area contributed by atoms with Crippen molar-refractivity contribution in [2.75, 3.05) is 6.54 Å². The number of nitrogens with one attached hydrogen (secondary N) is 1. The summed E-state index contributed by atoms with van der Waals surface area (Å²) >= 11 is 0. The molecule has 0 unspecified atom stereocenters. The van der Waals surface area contributed by atoms with E-state index in [4.69, 9.17) is 5.73 Å². The van der Waals surface area contributed by atoms with E-state index in [1.807, 2.05) is 56.3 Å². The van der Waals surface area contributed by atoms with Crippen molar-refractivity contribution in [1.82, 2.24) is 15.3 Å². The second-order valence-electron chi connectivity index (χ2n) is 6.57. The van der Waals surface area contributed by atoms with Crippen molar-refractivity contribution < 1.29 is 4.79 Å². The zero-order valence-corrected chi connectivity index (χ0v) is 15.2. The summed E-state index contributed by atoms with van der Waals surface area (Å²) in [6, 6.07) is 13.3. The Labute approximate surface area is 153 Å². The van der Waals surface area contributed by atoms with Gasteiger partial charge in [-0.3, -0.25) is 9.78 Å². The molecule has 3 N–H and O–H groups in total. The summed E-state index contributed by atoms with van der Waals surface area (Å²) in [5.74, 6) is -0.134. The van der Waals surface area contributed by atoms with Crippen LogP contribution in [0, 0.1) is 0 Å². The molecule has 2 heterocycles. The van der Waals surface area contributed by atoms with E-state index in [2.05, 4.69) is 15.3 Å². The predicted octanol–water partition coefficient (Wildman–Crippen LogP) is 3.54. The van der Waals surface area contributed by atoms with Gasteiger partial charge in [0.1, 0.15) is 0 Å². The van der Waals surface area contributed by atoms with Crippen LogP contribution in [0.3, 0.4) is 0 Å². The first-order valence-corrected chi connectivity index (χ1v) is 8.93. The molecule has 0 bridgehead atoms. The van der Waals surface area contributed by atoms with Gasteiger partial charge in [-0.25, -0.2) is 4.98 Å². The normalized spacial score (nSPS) is 11.5. The summed E-state index contributed by atoms with van der Waals surface area (Å²) in [5.41, 5.74) is 8.93. The maximum atomic E-state index is 12.9. The Morgan fingerprint density at radius 3 is 2.62 bits per heavy atom. The van der Waals surface area contributed by atoms with Crippen molar-refractivity contribution in [2.45, 2.75) is 32.2 Å².